The number of nitrogens with zero attached hydrogens (tertiary/aromatic N) is 2. The van der Waals surface area contributed by atoms with Crippen LogP contribution in [0.3, 0.4) is 0 Å². The first kappa shape index (κ1) is 13.2. The zero-order chi connectivity index (χ0) is 24.5. The molecule has 0 amide bonds. The van der Waals surface area contributed by atoms with E-state index in [-0.39, 0.29) is 0 Å². The molecule has 0 bridgehead atoms. The number of pyridine rings is 1. The topological polar surface area (TPSA) is 17.3 Å². The van der Waals surface area contributed by atoms with Crippen LogP contribution in [-0.2, 0) is 0 Å². The van der Waals surface area contributed by atoms with Gasteiger partial charge in [0, 0.05) is 23.2 Å². The van der Waals surface area contributed by atoms with Crippen LogP contribution in [0, 0.1) is 0 Å². The number of para-hydroxylation sites is 1. The van der Waals surface area contributed by atoms with E-state index in [1.165, 1.54) is 6.92 Å². The Kier molecular flexibility index (Phi) is 3.06. The molecule has 0 N–H and O–H groups in total. The van der Waals surface area contributed by atoms with Gasteiger partial charge in [0.25, 0.3) is 0 Å². The molecule has 0 saturated carbocycles. The van der Waals surface area contributed by atoms with E-state index in [9.17, 15) is 0 Å². The molecule has 0 saturated heterocycles. The summed E-state index contributed by atoms with van der Waals surface area (Å²) in [4.78, 5) is 4.78. The van der Waals surface area contributed by atoms with E-state index < -0.39 is 18.6 Å². The molecule has 5 aromatic rings. The van der Waals surface area contributed by atoms with Crippen molar-refractivity contribution in [3.05, 3.63) is 84.1 Å². The summed E-state index contributed by atoms with van der Waals surface area (Å²) in [5.74, 6) is -2.90. The van der Waals surface area contributed by atoms with Gasteiger partial charge in [0.05, 0.1) is 17.4 Å². The lowest BCUT2D eigenvalue weighted by Crippen LogP contribution is -2.02. The predicted molar refractivity (Wildman–Crippen MR) is 124 cm³/mol. The number of rotatable bonds is 3. The third-order valence-corrected chi connectivity index (χ3v) is 5.63. The van der Waals surface area contributed by atoms with Crippen molar-refractivity contribution in [3.63, 3.8) is 0 Å². The van der Waals surface area contributed by atoms with Gasteiger partial charge in [-0.15, -0.1) is 0 Å². The number of hydrogen-bond acceptors (Lipinski definition) is 1. The molecular formula is C27H26N2. The highest BCUT2D eigenvalue weighted by molar-refractivity contribution is 6.12. The first-order valence-corrected chi connectivity index (χ1v) is 9.84. The average Bonchev–Trinajstić information content (AvgIpc) is 3.23. The Labute approximate surface area is 178 Å². The molecular weight excluding hydrogens is 352 g/mol. The fraction of sp³-hybridized carbons (Fsp3) is 0.222. The minimum atomic E-state index is -2.55. The summed E-state index contributed by atoms with van der Waals surface area (Å²) in [5.41, 5.74) is 3.99. The van der Waals surface area contributed by atoms with E-state index in [1.54, 1.807) is 32.2 Å². The molecule has 0 aliphatic rings. The van der Waals surface area contributed by atoms with Crippen molar-refractivity contribution in [2.24, 2.45) is 0 Å². The predicted octanol–water partition coefficient (Wildman–Crippen LogP) is 7.55. The summed E-state index contributed by atoms with van der Waals surface area (Å²) < 4.78 is 44.1. The van der Waals surface area contributed by atoms with Crippen molar-refractivity contribution < 1.29 is 6.85 Å². The fourth-order valence-corrected chi connectivity index (χ4v) is 4.33. The van der Waals surface area contributed by atoms with Gasteiger partial charge in [0.1, 0.15) is 5.65 Å². The minimum Gasteiger partial charge on any atom is -0.292 e. The zero-order valence-corrected chi connectivity index (χ0v) is 16.8. The maximum atomic E-state index is 8.91. The molecule has 2 heteroatoms. The Bertz CT molecular complexity index is 1560. The number of aromatic nitrogens is 2. The molecule has 0 radical (unpaired) electrons. The molecule has 29 heavy (non-hydrogen) atoms. The Balaban J connectivity index is 2.00. The first-order chi connectivity index (χ1) is 15.9. The van der Waals surface area contributed by atoms with E-state index >= 15 is 0 Å². The lowest BCUT2D eigenvalue weighted by Gasteiger charge is -2.20. The Morgan fingerprint density at radius 2 is 1.45 bits per heavy atom. The van der Waals surface area contributed by atoms with Crippen LogP contribution >= 0.6 is 0 Å². The normalized spacial score (nSPS) is 17.4. The van der Waals surface area contributed by atoms with Crippen LogP contribution in [0.15, 0.2) is 72.9 Å². The van der Waals surface area contributed by atoms with E-state index in [4.69, 9.17) is 11.8 Å². The van der Waals surface area contributed by atoms with Crippen molar-refractivity contribution in [2.75, 3.05) is 0 Å². The van der Waals surface area contributed by atoms with Crippen molar-refractivity contribution in [1.29, 1.82) is 0 Å². The molecule has 0 aliphatic heterocycles. The van der Waals surface area contributed by atoms with Crippen molar-refractivity contribution in [1.82, 2.24) is 9.38 Å². The van der Waals surface area contributed by atoms with E-state index in [1.807, 2.05) is 46.9 Å². The zero-order valence-electron chi connectivity index (χ0n) is 21.8. The van der Waals surface area contributed by atoms with Gasteiger partial charge in [-0.2, -0.15) is 0 Å². The largest absolute Gasteiger partial charge is 0.292 e. The molecule has 0 spiro atoms. The molecule has 1 unspecified atom stereocenters. The maximum Gasteiger partial charge on any atom is 0.145 e. The molecule has 2 heterocycles. The number of benzene rings is 3. The van der Waals surface area contributed by atoms with Crippen molar-refractivity contribution in [3.8, 4) is 11.3 Å². The maximum absolute atomic E-state index is 8.91. The minimum absolute atomic E-state index is 0.365. The third kappa shape index (κ3) is 2.66. The van der Waals surface area contributed by atoms with Gasteiger partial charge in [-0.3, -0.25) is 4.40 Å². The number of fused-ring (bicyclic) bond motifs is 6. The third-order valence-electron chi connectivity index (χ3n) is 5.63. The van der Waals surface area contributed by atoms with E-state index in [2.05, 4.69) is 12.1 Å². The standard InChI is InChI=1S/C27H26N2/c1-17(2)19-13-9-14-20(18(3)4)26(19)25-16-28-27-23-12-6-5-10-21(23)22-11-7-8-15-24(22)29(25)27/h5-18H,1-4H3/i1D3,17D,18D. The summed E-state index contributed by atoms with van der Waals surface area (Å²) in [5, 5.41) is 3.13. The van der Waals surface area contributed by atoms with Crippen LogP contribution < -0.4 is 0 Å². The van der Waals surface area contributed by atoms with Crippen LogP contribution in [0.25, 0.3) is 38.6 Å². The second-order valence-electron chi connectivity index (χ2n) is 7.72. The highest BCUT2D eigenvalue weighted by Gasteiger charge is 2.20. The second kappa shape index (κ2) is 6.73. The SMILES string of the molecule is [2H]C(C)(C)c1cccc(C([2H])(C)C([2H])([2H])[2H])c1-c1cnc2c3ccccc3c3ccccc3n12. The van der Waals surface area contributed by atoms with Crippen molar-refractivity contribution >= 4 is 27.3 Å². The number of imidazole rings is 1. The van der Waals surface area contributed by atoms with Crippen LogP contribution in [0.5, 0.6) is 0 Å². The highest BCUT2D eigenvalue weighted by atomic mass is 15.0. The number of hydrogen-bond donors (Lipinski definition) is 0. The Morgan fingerprint density at radius 3 is 2.17 bits per heavy atom. The van der Waals surface area contributed by atoms with Crippen LogP contribution in [-0.4, -0.2) is 9.38 Å². The monoisotopic (exact) mass is 383 g/mol. The Hall–Kier alpha value is -3.13. The van der Waals surface area contributed by atoms with Gasteiger partial charge in [-0.05, 0) is 34.4 Å². The fourth-order valence-electron chi connectivity index (χ4n) is 4.33. The summed E-state index contributed by atoms with van der Waals surface area (Å²) >= 11 is 0. The van der Waals surface area contributed by atoms with Gasteiger partial charge in [-0.1, -0.05) is 88.3 Å². The average molecular weight is 384 g/mol. The molecule has 0 fully saturated rings. The van der Waals surface area contributed by atoms with Gasteiger partial charge >= 0.3 is 0 Å². The van der Waals surface area contributed by atoms with Gasteiger partial charge in [-0.25, -0.2) is 4.98 Å². The highest BCUT2D eigenvalue weighted by Crippen LogP contribution is 2.39. The second-order valence-corrected chi connectivity index (χ2v) is 7.72. The van der Waals surface area contributed by atoms with Gasteiger partial charge in [0.15, 0.2) is 0 Å². The summed E-state index contributed by atoms with van der Waals surface area (Å²) in [7, 11) is 0. The van der Waals surface area contributed by atoms with Crippen LogP contribution in [0.2, 0.25) is 0 Å². The smallest absolute Gasteiger partial charge is 0.145 e. The summed E-state index contributed by atoms with van der Waals surface area (Å²) in [6.45, 7) is 2.43. The van der Waals surface area contributed by atoms with Gasteiger partial charge < -0.3 is 0 Å². The first-order valence-electron chi connectivity index (χ1n) is 12.3. The molecule has 0 aliphatic carbocycles. The van der Waals surface area contributed by atoms with Crippen LogP contribution in [0.1, 0.15) is 57.4 Å². The molecule has 3 aromatic carbocycles. The lowest BCUT2D eigenvalue weighted by atomic mass is 9.87. The molecule has 1 atom stereocenters. The molecule has 144 valence electrons. The molecule has 2 aromatic heterocycles. The van der Waals surface area contributed by atoms with Crippen LogP contribution in [0.4, 0.5) is 0 Å². The quantitative estimate of drug-likeness (QED) is 0.294. The molecule has 5 rings (SSSR count). The van der Waals surface area contributed by atoms with E-state index in [0.717, 1.165) is 27.3 Å². The van der Waals surface area contributed by atoms with Gasteiger partial charge in [0.2, 0.25) is 0 Å². The summed E-state index contributed by atoms with van der Waals surface area (Å²) in [6.07, 6.45) is 1.75. The Morgan fingerprint density at radius 1 is 0.793 bits per heavy atom. The summed E-state index contributed by atoms with van der Waals surface area (Å²) in [6, 6.07) is 21.5. The lowest BCUT2D eigenvalue weighted by molar-refractivity contribution is 0.836. The van der Waals surface area contributed by atoms with E-state index in [0.29, 0.717) is 22.4 Å². The van der Waals surface area contributed by atoms with Crippen molar-refractivity contribution in [2.45, 2.75) is 39.4 Å². The molecule has 2 nitrogen and oxygen atoms in total.